The Morgan fingerprint density at radius 2 is 2.05 bits per heavy atom. The van der Waals surface area contributed by atoms with Crippen molar-refractivity contribution >= 4 is 5.91 Å². The van der Waals surface area contributed by atoms with Gasteiger partial charge >= 0.3 is 0 Å². The summed E-state index contributed by atoms with van der Waals surface area (Å²) in [5.74, 6) is 0.115. The van der Waals surface area contributed by atoms with Crippen LogP contribution >= 0.6 is 0 Å². The molecular weight excluding hydrogens is 281 g/mol. The first kappa shape index (κ1) is 15.4. The molecule has 2 aliphatic rings. The van der Waals surface area contributed by atoms with Crippen LogP contribution in [0.2, 0.25) is 0 Å². The van der Waals surface area contributed by atoms with Crippen molar-refractivity contribution in [1.82, 2.24) is 15.1 Å². The van der Waals surface area contributed by atoms with E-state index in [1.807, 2.05) is 11.0 Å². The highest BCUT2D eigenvalue weighted by atomic mass is 19.1. The second-order valence-electron chi connectivity index (χ2n) is 6.38. The minimum Gasteiger partial charge on any atom is -0.333 e. The lowest BCUT2D eigenvalue weighted by molar-refractivity contribution is -0.140. The fraction of sp³-hybridized carbons (Fsp3) is 0.588. The van der Waals surface area contributed by atoms with Crippen molar-refractivity contribution in [3.05, 3.63) is 35.6 Å². The van der Waals surface area contributed by atoms with Crippen molar-refractivity contribution in [2.24, 2.45) is 5.92 Å². The highest BCUT2D eigenvalue weighted by Gasteiger charge is 2.33. The summed E-state index contributed by atoms with van der Waals surface area (Å²) in [7, 11) is 2.10. The molecule has 0 saturated carbocycles. The molecule has 1 aromatic rings. The monoisotopic (exact) mass is 305 g/mol. The van der Waals surface area contributed by atoms with Crippen molar-refractivity contribution in [3.63, 3.8) is 0 Å². The van der Waals surface area contributed by atoms with Crippen LogP contribution in [0.1, 0.15) is 24.4 Å². The molecule has 0 radical (unpaired) electrons. The summed E-state index contributed by atoms with van der Waals surface area (Å²) in [6, 6.07) is 6.57. The quantitative estimate of drug-likeness (QED) is 0.902. The molecule has 2 heterocycles. The number of hydrogen-bond donors (Lipinski definition) is 1. The average Bonchev–Trinajstić information content (AvgIpc) is 2.55. The molecule has 2 saturated heterocycles. The zero-order valence-corrected chi connectivity index (χ0v) is 13.1. The third-order valence-corrected chi connectivity index (χ3v) is 4.83. The van der Waals surface area contributed by atoms with E-state index in [1.165, 1.54) is 6.07 Å². The number of likely N-dealkylation sites (tertiary alicyclic amines) is 1. The summed E-state index contributed by atoms with van der Waals surface area (Å²) in [6.45, 7) is 4.17. The van der Waals surface area contributed by atoms with E-state index in [4.69, 9.17) is 0 Å². The predicted molar refractivity (Wildman–Crippen MR) is 83.9 cm³/mol. The zero-order chi connectivity index (χ0) is 15.5. The maximum absolute atomic E-state index is 13.5. The molecule has 120 valence electrons. The Morgan fingerprint density at radius 3 is 2.77 bits per heavy atom. The van der Waals surface area contributed by atoms with Gasteiger partial charge in [0.2, 0.25) is 5.91 Å². The van der Waals surface area contributed by atoms with Gasteiger partial charge in [0.15, 0.2) is 0 Å². The van der Waals surface area contributed by atoms with E-state index >= 15 is 0 Å². The molecule has 2 aliphatic heterocycles. The molecular formula is C17H24FN3O. The number of piperidine rings is 1. The first-order valence-electron chi connectivity index (χ1n) is 8.10. The smallest absolute Gasteiger partial charge is 0.226 e. The van der Waals surface area contributed by atoms with E-state index in [2.05, 4.69) is 17.3 Å². The Balaban J connectivity index is 1.76. The Morgan fingerprint density at radius 1 is 1.27 bits per heavy atom. The van der Waals surface area contributed by atoms with E-state index in [9.17, 15) is 9.18 Å². The van der Waals surface area contributed by atoms with Gasteiger partial charge in [-0.15, -0.1) is 0 Å². The highest BCUT2D eigenvalue weighted by Crippen LogP contribution is 2.27. The number of benzene rings is 1. The van der Waals surface area contributed by atoms with E-state index < -0.39 is 0 Å². The molecule has 1 unspecified atom stereocenters. The fourth-order valence-corrected chi connectivity index (χ4v) is 3.47. The molecule has 1 atom stereocenters. The van der Waals surface area contributed by atoms with Gasteiger partial charge < -0.3 is 15.1 Å². The number of halogens is 1. The number of carbonyl (C=O) groups is 1. The standard InChI is InChI=1S/C17H24FN3O/c1-20-8-5-13(6-9-20)17(22)21-10-7-19-12-16(21)14-3-2-4-15(18)11-14/h2-4,11,13,16,19H,5-10,12H2,1H3. The van der Waals surface area contributed by atoms with Gasteiger partial charge in [0.05, 0.1) is 6.04 Å². The number of carbonyl (C=O) groups excluding carboxylic acids is 1. The Hall–Kier alpha value is -1.46. The van der Waals surface area contributed by atoms with Crippen molar-refractivity contribution in [2.75, 3.05) is 39.8 Å². The third-order valence-electron chi connectivity index (χ3n) is 4.83. The summed E-state index contributed by atoms with van der Waals surface area (Å²) in [6.07, 6.45) is 1.85. The fourth-order valence-electron chi connectivity index (χ4n) is 3.47. The van der Waals surface area contributed by atoms with E-state index in [0.717, 1.165) is 38.0 Å². The lowest BCUT2D eigenvalue weighted by Crippen LogP contribution is -2.51. The molecule has 3 rings (SSSR count). The molecule has 0 bridgehead atoms. The van der Waals surface area contributed by atoms with E-state index in [1.54, 1.807) is 12.1 Å². The summed E-state index contributed by atoms with van der Waals surface area (Å²) in [5.41, 5.74) is 0.883. The highest BCUT2D eigenvalue weighted by molar-refractivity contribution is 5.79. The number of hydrogen-bond acceptors (Lipinski definition) is 3. The summed E-state index contributed by atoms with van der Waals surface area (Å²) in [4.78, 5) is 17.1. The molecule has 1 aromatic carbocycles. The van der Waals surface area contributed by atoms with Crippen molar-refractivity contribution in [1.29, 1.82) is 0 Å². The zero-order valence-electron chi connectivity index (χ0n) is 13.1. The van der Waals surface area contributed by atoms with Crippen LogP contribution in [0.15, 0.2) is 24.3 Å². The molecule has 22 heavy (non-hydrogen) atoms. The summed E-state index contributed by atoms with van der Waals surface area (Å²) >= 11 is 0. The van der Waals surface area contributed by atoms with Crippen molar-refractivity contribution in [3.8, 4) is 0 Å². The third kappa shape index (κ3) is 3.31. The topological polar surface area (TPSA) is 35.6 Å². The van der Waals surface area contributed by atoms with Crippen LogP contribution in [0.5, 0.6) is 0 Å². The van der Waals surface area contributed by atoms with Crippen LogP contribution in [0, 0.1) is 11.7 Å². The molecule has 2 fully saturated rings. The number of rotatable bonds is 2. The Bertz CT molecular complexity index is 528. The van der Waals surface area contributed by atoms with Gasteiger partial charge in [-0.05, 0) is 50.7 Å². The van der Waals surface area contributed by atoms with Crippen molar-refractivity contribution < 1.29 is 9.18 Å². The lowest BCUT2D eigenvalue weighted by atomic mass is 9.93. The summed E-state index contributed by atoms with van der Waals surface area (Å²) < 4.78 is 13.5. The predicted octanol–water partition coefficient (Wildman–Crippen LogP) is 1.64. The van der Waals surface area contributed by atoms with Gasteiger partial charge in [0, 0.05) is 25.6 Å². The van der Waals surface area contributed by atoms with Crippen molar-refractivity contribution in [2.45, 2.75) is 18.9 Å². The SMILES string of the molecule is CN1CCC(C(=O)N2CCNCC2c2cccc(F)c2)CC1. The first-order valence-corrected chi connectivity index (χ1v) is 8.10. The summed E-state index contributed by atoms with van der Waals surface area (Å²) in [5, 5.41) is 3.32. The Kier molecular flexibility index (Phi) is 4.74. The second-order valence-corrected chi connectivity index (χ2v) is 6.38. The number of nitrogens with one attached hydrogen (secondary N) is 1. The number of piperazine rings is 1. The molecule has 0 aliphatic carbocycles. The Labute approximate surface area is 131 Å². The van der Waals surface area contributed by atoms with Gasteiger partial charge in [-0.1, -0.05) is 12.1 Å². The van der Waals surface area contributed by atoms with Crippen LogP contribution in [0.3, 0.4) is 0 Å². The van der Waals surface area contributed by atoms with Crippen LogP contribution < -0.4 is 5.32 Å². The molecule has 0 aromatic heterocycles. The van der Waals surface area contributed by atoms with E-state index in [-0.39, 0.29) is 23.7 Å². The maximum atomic E-state index is 13.5. The normalized spacial score (nSPS) is 24.5. The minimum absolute atomic E-state index is 0.0587. The van der Waals surface area contributed by atoms with E-state index in [0.29, 0.717) is 13.1 Å². The molecule has 4 nitrogen and oxygen atoms in total. The number of nitrogens with zero attached hydrogens (tertiary/aromatic N) is 2. The van der Waals surface area contributed by atoms with Gasteiger partial charge in [-0.3, -0.25) is 4.79 Å². The average molecular weight is 305 g/mol. The van der Waals surface area contributed by atoms with Crippen LogP contribution in [-0.4, -0.2) is 55.5 Å². The minimum atomic E-state index is -0.241. The van der Waals surface area contributed by atoms with Gasteiger partial charge in [0.25, 0.3) is 0 Å². The maximum Gasteiger partial charge on any atom is 0.226 e. The molecule has 0 spiro atoms. The van der Waals surface area contributed by atoms with Gasteiger partial charge in [-0.25, -0.2) is 4.39 Å². The first-order chi connectivity index (χ1) is 10.6. The largest absolute Gasteiger partial charge is 0.333 e. The van der Waals surface area contributed by atoms with Crippen LogP contribution in [0.4, 0.5) is 4.39 Å². The van der Waals surface area contributed by atoms with Gasteiger partial charge in [0.1, 0.15) is 5.82 Å². The van der Waals surface area contributed by atoms with Gasteiger partial charge in [-0.2, -0.15) is 0 Å². The molecule has 1 amide bonds. The van der Waals surface area contributed by atoms with Crippen LogP contribution in [-0.2, 0) is 4.79 Å². The lowest BCUT2D eigenvalue weighted by Gasteiger charge is -2.40. The molecule has 1 N–H and O–H groups in total. The van der Waals surface area contributed by atoms with Crippen LogP contribution in [0.25, 0.3) is 0 Å². The molecule has 5 heteroatoms. The number of amides is 1. The second kappa shape index (κ2) is 6.75.